The summed E-state index contributed by atoms with van der Waals surface area (Å²) in [6, 6.07) is 21.4. The average Bonchev–Trinajstić information content (AvgIpc) is 3.10. The van der Waals surface area contributed by atoms with Gasteiger partial charge in [-0.2, -0.15) is 0 Å². The minimum absolute atomic E-state index is 0.389. The van der Waals surface area contributed by atoms with Crippen molar-refractivity contribution in [2.75, 3.05) is 11.4 Å². The molecule has 4 heteroatoms. The molecule has 1 aliphatic rings. The van der Waals surface area contributed by atoms with E-state index in [1.165, 1.54) is 16.8 Å². The maximum Gasteiger partial charge on any atom is 0.150 e. The average molecular weight is 319 g/mol. The highest BCUT2D eigenvalue weighted by Crippen LogP contribution is 2.39. The SMILES string of the molecule is NCc1cc(CN2CCC(c3ccccc3)c3ccccc32)no1. The standard InChI is InChI=1S/C20H21N3O/c21-13-17-12-16(22-24-17)14-23-11-10-18(15-6-2-1-3-7-15)19-8-4-5-9-20(19)23/h1-9,12,18H,10-11,13-14,21H2. The van der Waals surface area contributed by atoms with Crippen molar-refractivity contribution in [3.8, 4) is 0 Å². The minimum Gasteiger partial charge on any atom is -0.365 e. The molecule has 1 aromatic heterocycles. The molecule has 1 aliphatic heterocycles. The van der Waals surface area contributed by atoms with Crippen LogP contribution in [0.1, 0.15) is 34.9 Å². The third kappa shape index (κ3) is 2.81. The van der Waals surface area contributed by atoms with Crippen molar-refractivity contribution < 1.29 is 4.52 Å². The highest BCUT2D eigenvalue weighted by molar-refractivity contribution is 5.59. The fourth-order valence-corrected chi connectivity index (χ4v) is 3.55. The summed E-state index contributed by atoms with van der Waals surface area (Å²) in [5.74, 6) is 1.19. The van der Waals surface area contributed by atoms with Gasteiger partial charge in [-0.1, -0.05) is 53.7 Å². The molecule has 0 amide bonds. The summed E-state index contributed by atoms with van der Waals surface area (Å²) in [7, 11) is 0. The van der Waals surface area contributed by atoms with Crippen molar-refractivity contribution >= 4 is 5.69 Å². The fourth-order valence-electron chi connectivity index (χ4n) is 3.55. The van der Waals surface area contributed by atoms with Gasteiger partial charge in [0.2, 0.25) is 0 Å². The molecule has 122 valence electrons. The molecule has 0 radical (unpaired) electrons. The van der Waals surface area contributed by atoms with Crippen LogP contribution < -0.4 is 10.6 Å². The smallest absolute Gasteiger partial charge is 0.150 e. The summed E-state index contributed by atoms with van der Waals surface area (Å²) < 4.78 is 5.23. The second-order valence-corrected chi connectivity index (χ2v) is 6.22. The Morgan fingerprint density at radius 3 is 2.67 bits per heavy atom. The minimum atomic E-state index is 0.389. The zero-order chi connectivity index (χ0) is 16.4. The van der Waals surface area contributed by atoms with Gasteiger partial charge in [0, 0.05) is 24.2 Å². The number of para-hydroxylation sites is 1. The van der Waals surface area contributed by atoms with Crippen LogP contribution in [-0.2, 0) is 13.1 Å². The van der Waals surface area contributed by atoms with Crippen LogP contribution in [0.3, 0.4) is 0 Å². The van der Waals surface area contributed by atoms with Crippen LogP contribution in [-0.4, -0.2) is 11.7 Å². The quantitative estimate of drug-likeness (QED) is 0.797. The lowest BCUT2D eigenvalue weighted by atomic mass is 9.84. The molecular formula is C20H21N3O. The molecule has 0 aliphatic carbocycles. The molecule has 2 N–H and O–H groups in total. The first kappa shape index (κ1) is 15.0. The molecule has 0 saturated heterocycles. The van der Waals surface area contributed by atoms with Crippen LogP contribution in [0.5, 0.6) is 0 Å². The van der Waals surface area contributed by atoms with Gasteiger partial charge in [0.1, 0.15) is 5.69 Å². The van der Waals surface area contributed by atoms with E-state index in [0.29, 0.717) is 12.5 Å². The van der Waals surface area contributed by atoms with Crippen molar-refractivity contribution in [2.45, 2.75) is 25.4 Å². The first-order valence-corrected chi connectivity index (χ1v) is 8.38. The van der Waals surface area contributed by atoms with E-state index in [0.717, 1.165) is 31.0 Å². The Kier molecular flexibility index (Phi) is 4.05. The van der Waals surface area contributed by atoms with E-state index in [1.54, 1.807) is 0 Å². The molecule has 2 heterocycles. The lowest BCUT2D eigenvalue weighted by Crippen LogP contribution is -2.31. The Balaban J connectivity index is 1.64. The van der Waals surface area contributed by atoms with Crippen molar-refractivity contribution in [1.82, 2.24) is 5.16 Å². The van der Waals surface area contributed by atoms with E-state index in [1.807, 2.05) is 6.07 Å². The normalized spacial score (nSPS) is 16.9. The van der Waals surface area contributed by atoms with Gasteiger partial charge in [0.05, 0.1) is 13.1 Å². The maximum absolute atomic E-state index is 5.61. The second-order valence-electron chi connectivity index (χ2n) is 6.22. The zero-order valence-corrected chi connectivity index (χ0v) is 13.6. The number of nitrogens with zero attached hydrogens (tertiary/aromatic N) is 2. The number of fused-ring (bicyclic) bond motifs is 1. The highest BCUT2D eigenvalue weighted by atomic mass is 16.5. The summed E-state index contributed by atoms with van der Waals surface area (Å²) in [6.07, 6.45) is 1.10. The summed E-state index contributed by atoms with van der Waals surface area (Å²) in [6.45, 7) is 2.14. The van der Waals surface area contributed by atoms with Crippen LogP contribution in [0.4, 0.5) is 5.69 Å². The third-order valence-electron chi connectivity index (χ3n) is 4.70. The molecule has 4 nitrogen and oxygen atoms in total. The number of rotatable bonds is 4. The monoisotopic (exact) mass is 319 g/mol. The summed E-state index contributed by atoms with van der Waals surface area (Å²) in [5, 5.41) is 4.13. The van der Waals surface area contributed by atoms with E-state index in [4.69, 9.17) is 10.3 Å². The van der Waals surface area contributed by atoms with Crippen LogP contribution in [0.25, 0.3) is 0 Å². The molecule has 24 heavy (non-hydrogen) atoms. The van der Waals surface area contributed by atoms with Crippen LogP contribution in [0.15, 0.2) is 65.2 Å². The molecule has 2 aromatic carbocycles. The maximum atomic E-state index is 5.61. The van der Waals surface area contributed by atoms with Crippen molar-refractivity contribution in [3.63, 3.8) is 0 Å². The van der Waals surface area contributed by atoms with E-state index in [9.17, 15) is 0 Å². The lowest BCUT2D eigenvalue weighted by Gasteiger charge is -2.35. The molecule has 1 unspecified atom stereocenters. The van der Waals surface area contributed by atoms with Gasteiger partial charge in [-0.15, -0.1) is 0 Å². The predicted molar refractivity (Wildman–Crippen MR) is 94.8 cm³/mol. The Morgan fingerprint density at radius 1 is 1.08 bits per heavy atom. The molecule has 0 bridgehead atoms. The number of benzene rings is 2. The van der Waals surface area contributed by atoms with Crippen LogP contribution in [0, 0.1) is 0 Å². The Morgan fingerprint density at radius 2 is 1.88 bits per heavy atom. The number of aromatic nitrogens is 1. The predicted octanol–water partition coefficient (Wildman–Crippen LogP) is 3.68. The van der Waals surface area contributed by atoms with E-state index in [-0.39, 0.29) is 0 Å². The Bertz CT molecular complexity index is 813. The number of anilines is 1. The summed E-state index contributed by atoms with van der Waals surface area (Å²) in [4.78, 5) is 2.38. The first-order chi connectivity index (χ1) is 11.8. The Hall–Kier alpha value is -2.59. The second kappa shape index (κ2) is 6.49. The number of hydrogen-bond acceptors (Lipinski definition) is 4. The van der Waals surface area contributed by atoms with Crippen molar-refractivity contribution in [1.29, 1.82) is 0 Å². The zero-order valence-electron chi connectivity index (χ0n) is 13.6. The third-order valence-corrected chi connectivity index (χ3v) is 4.70. The van der Waals surface area contributed by atoms with E-state index in [2.05, 4.69) is 64.7 Å². The van der Waals surface area contributed by atoms with Crippen LogP contribution >= 0.6 is 0 Å². The van der Waals surface area contributed by atoms with Gasteiger partial charge in [-0.05, 0) is 23.6 Å². The highest BCUT2D eigenvalue weighted by Gasteiger charge is 2.26. The molecule has 0 fully saturated rings. The molecule has 4 rings (SSSR count). The summed E-state index contributed by atoms with van der Waals surface area (Å²) in [5.41, 5.74) is 10.6. The van der Waals surface area contributed by atoms with Crippen molar-refractivity contribution in [3.05, 3.63) is 83.2 Å². The fraction of sp³-hybridized carbons (Fsp3) is 0.250. The van der Waals surface area contributed by atoms with E-state index < -0.39 is 0 Å². The number of hydrogen-bond donors (Lipinski definition) is 1. The molecule has 3 aromatic rings. The van der Waals surface area contributed by atoms with Gasteiger partial charge in [0.25, 0.3) is 0 Å². The largest absolute Gasteiger partial charge is 0.365 e. The van der Waals surface area contributed by atoms with Crippen molar-refractivity contribution in [2.24, 2.45) is 5.73 Å². The van der Waals surface area contributed by atoms with Gasteiger partial charge in [0.15, 0.2) is 5.76 Å². The van der Waals surface area contributed by atoms with Gasteiger partial charge >= 0.3 is 0 Å². The van der Waals surface area contributed by atoms with Gasteiger partial charge in [-0.3, -0.25) is 0 Å². The van der Waals surface area contributed by atoms with Gasteiger partial charge < -0.3 is 15.2 Å². The topological polar surface area (TPSA) is 55.3 Å². The lowest BCUT2D eigenvalue weighted by molar-refractivity contribution is 0.378. The van der Waals surface area contributed by atoms with E-state index >= 15 is 0 Å². The number of nitrogens with two attached hydrogens (primary N) is 1. The first-order valence-electron chi connectivity index (χ1n) is 8.38. The molecule has 0 saturated carbocycles. The van der Waals surface area contributed by atoms with Crippen LogP contribution in [0.2, 0.25) is 0 Å². The summed E-state index contributed by atoms with van der Waals surface area (Å²) >= 11 is 0. The van der Waals surface area contributed by atoms with Gasteiger partial charge in [-0.25, -0.2) is 0 Å². The molecule has 1 atom stereocenters. The molecular weight excluding hydrogens is 298 g/mol. The Labute approximate surface area is 141 Å². The molecule has 0 spiro atoms.